The number of carbonyl (C=O) groups is 2. The molecule has 0 bridgehead atoms. The number of carbonyl (C=O) groups excluding carboxylic acids is 2. The van der Waals surface area contributed by atoms with Gasteiger partial charge in [0.25, 0.3) is 0 Å². The summed E-state index contributed by atoms with van der Waals surface area (Å²) in [7, 11) is 1.33. The molecule has 0 radical (unpaired) electrons. The number of rotatable bonds is 6. The summed E-state index contributed by atoms with van der Waals surface area (Å²) in [6, 6.07) is 22.2. The molecular formula is C31H28N4O5. The van der Waals surface area contributed by atoms with Gasteiger partial charge in [-0.1, -0.05) is 36.4 Å². The molecule has 1 unspecified atom stereocenters. The van der Waals surface area contributed by atoms with Gasteiger partial charge < -0.3 is 24.9 Å². The Balaban J connectivity index is 1.40. The van der Waals surface area contributed by atoms with E-state index in [1.807, 2.05) is 54.6 Å². The molecule has 6 rings (SSSR count). The molecule has 0 spiro atoms. The quantitative estimate of drug-likeness (QED) is 0.212. The molecule has 1 fully saturated rings. The van der Waals surface area contributed by atoms with Crippen molar-refractivity contribution in [2.45, 2.75) is 12.5 Å². The summed E-state index contributed by atoms with van der Waals surface area (Å²) in [4.78, 5) is 33.0. The van der Waals surface area contributed by atoms with Gasteiger partial charge in [0.15, 0.2) is 5.88 Å². The number of nitrogens with zero attached hydrogens (tertiary/aromatic N) is 2. The molecule has 3 aromatic carbocycles. The molecule has 1 aliphatic heterocycles. The Morgan fingerprint density at radius 2 is 1.93 bits per heavy atom. The number of aromatic hydroxyl groups is 1. The normalized spacial score (nSPS) is 15.9. The first-order valence-corrected chi connectivity index (χ1v) is 13.1. The van der Waals surface area contributed by atoms with Gasteiger partial charge in [0.1, 0.15) is 0 Å². The summed E-state index contributed by atoms with van der Waals surface area (Å²) in [5, 5.41) is 15.8. The third-order valence-electron chi connectivity index (χ3n) is 7.07. The fourth-order valence-corrected chi connectivity index (χ4v) is 5.12. The minimum Gasteiger partial charge on any atom is -0.494 e. The van der Waals surface area contributed by atoms with Crippen molar-refractivity contribution in [3.05, 3.63) is 95.7 Å². The Labute approximate surface area is 230 Å². The second-order valence-electron chi connectivity index (χ2n) is 9.65. The largest absolute Gasteiger partial charge is 0.494 e. The summed E-state index contributed by atoms with van der Waals surface area (Å²) in [6.45, 7) is 2.07. The van der Waals surface area contributed by atoms with Crippen LogP contribution in [0.1, 0.15) is 32.7 Å². The molecule has 5 aromatic rings. The average Bonchev–Trinajstić information content (AvgIpc) is 3.56. The van der Waals surface area contributed by atoms with Crippen LogP contribution in [0.5, 0.6) is 5.88 Å². The number of aromatic nitrogens is 2. The molecule has 202 valence electrons. The van der Waals surface area contributed by atoms with E-state index in [1.165, 1.54) is 7.11 Å². The number of aliphatic imine (C=N–C) groups is 1. The maximum atomic E-state index is 13.0. The standard InChI is InChI=1S/C31H28N4O5/c1-39-31(38)21-7-9-24-25(16-21)34-30(37)28(24)29(19-5-3-2-4-6-19)33-22-8-10-26-20(15-22)11-13-35(26)27(36)17-23-18-32-12-14-40-23/h2-11,13,15-16,23,32,34,37H,12,14,17-18H2,1H3. The molecule has 0 aliphatic carbocycles. The second-order valence-corrected chi connectivity index (χ2v) is 9.65. The van der Waals surface area contributed by atoms with E-state index in [9.17, 15) is 14.7 Å². The van der Waals surface area contributed by atoms with Crippen LogP contribution in [0.3, 0.4) is 0 Å². The van der Waals surface area contributed by atoms with E-state index in [0.29, 0.717) is 53.0 Å². The molecule has 3 heterocycles. The van der Waals surface area contributed by atoms with Crippen molar-refractivity contribution in [2.24, 2.45) is 4.99 Å². The number of esters is 1. The summed E-state index contributed by atoms with van der Waals surface area (Å²) < 4.78 is 12.2. The van der Waals surface area contributed by atoms with Crippen LogP contribution in [0.25, 0.3) is 21.8 Å². The molecule has 0 amide bonds. The highest BCUT2D eigenvalue weighted by atomic mass is 16.5. The second kappa shape index (κ2) is 10.8. The van der Waals surface area contributed by atoms with Crippen LogP contribution >= 0.6 is 0 Å². The van der Waals surface area contributed by atoms with Gasteiger partial charge >= 0.3 is 5.97 Å². The third kappa shape index (κ3) is 4.88. The highest BCUT2D eigenvalue weighted by Crippen LogP contribution is 2.33. The topological polar surface area (TPSA) is 118 Å². The molecule has 40 heavy (non-hydrogen) atoms. The molecule has 1 atom stereocenters. The highest BCUT2D eigenvalue weighted by Gasteiger charge is 2.21. The van der Waals surface area contributed by atoms with Crippen molar-refractivity contribution in [3.63, 3.8) is 0 Å². The summed E-state index contributed by atoms with van der Waals surface area (Å²) >= 11 is 0. The van der Waals surface area contributed by atoms with Gasteiger partial charge in [0.2, 0.25) is 5.91 Å². The Hall–Kier alpha value is -4.73. The van der Waals surface area contributed by atoms with Gasteiger partial charge in [0, 0.05) is 41.1 Å². The number of morpholine rings is 1. The molecule has 9 heteroatoms. The van der Waals surface area contributed by atoms with E-state index in [4.69, 9.17) is 14.5 Å². The highest BCUT2D eigenvalue weighted by molar-refractivity contribution is 6.22. The van der Waals surface area contributed by atoms with Gasteiger partial charge in [-0.3, -0.25) is 9.36 Å². The predicted octanol–water partition coefficient (Wildman–Crippen LogP) is 4.80. The van der Waals surface area contributed by atoms with Gasteiger partial charge in [-0.25, -0.2) is 9.79 Å². The lowest BCUT2D eigenvalue weighted by molar-refractivity contribution is 0.0218. The van der Waals surface area contributed by atoms with Gasteiger partial charge in [-0.05, 0) is 36.4 Å². The number of aromatic amines is 1. The number of ether oxygens (including phenoxy) is 2. The zero-order valence-electron chi connectivity index (χ0n) is 21.9. The molecule has 1 saturated heterocycles. The van der Waals surface area contributed by atoms with Crippen LogP contribution < -0.4 is 5.32 Å². The molecule has 0 saturated carbocycles. The van der Waals surface area contributed by atoms with Crippen molar-refractivity contribution in [3.8, 4) is 5.88 Å². The van der Waals surface area contributed by atoms with Crippen LogP contribution in [-0.2, 0) is 9.47 Å². The number of fused-ring (bicyclic) bond motifs is 2. The van der Waals surface area contributed by atoms with Crippen molar-refractivity contribution >= 4 is 45.1 Å². The summed E-state index contributed by atoms with van der Waals surface area (Å²) in [5.41, 5.74) is 4.30. The maximum Gasteiger partial charge on any atom is 0.337 e. The molecular weight excluding hydrogens is 508 g/mol. The number of hydrogen-bond acceptors (Lipinski definition) is 7. The summed E-state index contributed by atoms with van der Waals surface area (Å²) in [5.74, 6) is -0.548. The number of benzene rings is 3. The van der Waals surface area contributed by atoms with Crippen molar-refractivity contribution in [1.29, 1.82) is 0 Å². The van der Waals surface area contributed by atoms with Crippen molar-refractivity contribution in [1.82, 2.24) is 14.9 Å². The van der Waals surface area contributed by atoms with Crippen LogP contribution in [0, 0.1) is 0 Å². The van der Waals surface area contributed by atoms with E-state index in [1.54, 1.807) is 29.0 Å². The fraction of sp³-hybridized carbons (Fsp3) is 0.194. The number of nitrogens with one attached hydrogen (secondary N) is 2. The Bertz CT molecular complexity index is 1750. The molecule has 3 N–H and O–H groups in total. The molecule has 2 aromatic heterocycles. The zero-order chi connectivity index (χ0) is 27.6. The predicted molar refractivity (Wildman–Crippen MR) is 153 cm³/mol. The van der Waals surface area contributed by atoms with Crippen molar-refractivity contribution < 1.29 is 24.2 Å². The smallest absolute Gasteiger partial charge is 0.337 e. The van der Waals surface area contributed by atoms with E-state index >= 15 is 0 Å². The van der Waals surface area contributed by atoms with E-state index < -0.39 is 5.97 Å². The lowest BCUT2D eigenvalue weighted by Gasteiger charge is -2.23. The minimum absolute atomic E-state index is 0.0278. The van der Waals surface area contributed by atoms with Crippen LogP contribution in [0.4, 0.5) is 5.69 Å². The first kappa shape index (κ1) is 25.5. The Morgan fingerprint density at radius 1 is 1.07 bits per heavy atom. The van der Waals surface area contributed by atoms with Crippen LogP contribution in [0.15, 0.2) is 84.0 Å². The monoisotopic (exact) mass is 536 g/mol. The van der Waals surface area contributed by atoms with Crippen LogP contribution in [-0.4, -0.2) is 65.2 Å². The van der Waals surface area contributed by atoms with Gasteiger partial charge in [0.05, 0.1) is 54.3 Å². The van der Waals surface area contributed by atoms with Crippen LogP contribution in [0.2, 0.25) is 0 Å². The number of H-pyrrole nitrogens is 1. The first-order chi connectivity index (χ1) is 19.5. The number of hydrogen-bond donors (Lipinski definition) is 3. The maximum absolute atomic E-state index is 13.0. The van der Waals surface area contributed by atoms with E-state index in [0.717, 1.165) is 23.0 Å². The minimum atomic E-state index is -0.462. The summed E-state index contributed by atoms with van der Waals surface area (Å²) in [6.07, 6.45) is 1.94. The molecule has 1 aliphatic rings. The van der Waals surface area contributed by atoms with E-state index in [-0.39, 0.29) is 17.9 Å². The lowest BCUT2D eigenvalue weighted by Crippen LogP contribution is -2.40. The average molecular weight is 537 g/mol. The fourth-order valence-electron chi connectivity index (χ4n) is 5.12. The lowest BCUT2D eigenvalue weighted by atomic mass is 10.00. The first-order valence-electron chi connectivity index (χ1n) is 13.1. The SMILES string of the molecule is COC(=O)c1ccc2c(C(=Nc3ccc4c(ccn4C(=O)CC4CNCCO4)c3)c3ccccc3)c(O)[nH]c2c1. The number of methoxy groups -OCH3 is 1. The third-order valence-corrected chi connectivity index (χ3v) is 7.07. The van der Waals surface area contributed by atoms with Gasteiger partial charge in [-0.15, -0.1) is 0 Å². The zero-order valence-corrected chi connectivity index (χ0v) is 21.9. The molecule has 9 nitrogen and oxygen atoms in total. The van der Waals surface area contributed by atoms with Gasteiger partial charge in [-0.2, -0.15) is 0 Å². The van der Waals surface area contributed by atoms with Crippen molar-refractivity contribution in [2.75, 3.05) is 26.8 Å². The van der Waals surface area contributed by atoms with E-state index in [2.05, 4.69) is 10.3 Å². The Morgan fingerprint density at radius 3 is 2.70 bits per heavy atom. The Kier molecular flexibility index (Phi) is 6.90.